The second-order valence-electron chi connectivity index (χ2n) is 20.6. The van der Waals surface area contributed by atoms with Gasteiger partial charge in [-0.1, -0.05) is 137 Å². The van der Waals surface area contributed by atoms with Crippen LogP contribution in [0.25, 0.3) is 21.5 Å². The zero-order valence-electron chi connectivity index (χ0n) is 47.9. The standard InChI is InChI=1S/C60H77N13O8S2/c1-38(2)54(69-56(76)47(34-40-18-10-8-11-19-40)71-82-50-28-16-23-43-44(50)24-15-27-49(43)73(6)7)58(78)67-36-52(74)63-30-32-65-60(61)66-33-31-64-53(75)37-68-59(79)55(39(3)4)70-57(77)48(35-41-20-12-9-13-21-41)72-83(80,81)51-29-17-22-42-45(51)25-14-26-46(42)62-5/h8-29,38-39,47-48,54-55,62,71-72H,30-37H2,1-7H3,(H,63,74)(H,64,75)(H,67,78)(H,68,79)(H,69,76)(H,70,77)(H3,61,65,66)/t47-,48?,54-,55+/m0/s1. The number of anilines is 2. The molecule has 21 nitrogen and oxygen atoms in total. The van der Waals surface area contributed by atoms with E-state index < -0.39 is 76.2 Å². The molecule has 6 aromatic rings. The van der Waals surface area contributed by atoms with E-state index in [4.69, 9.17) is 5.41 Å². The molecular weight excluding hydrogens is 1090 g/mol. The molecule has 6 amide bonds. The zero-order valence-corrected chi connectivity index (χ0v) is 49.5. The second-order valence-corrected chi connectivity index (χ2v) is 23.1. The Bertz CT molecular complexity index is 3320. The lowest BCUT2D eigenvalue weighted by atomic mass is 10.0. The SMILES string of the molecule is CNc1cccc2c(S(=O)(=O)NC(Cc3ccccc3)C(=O)N[C@@H](C(=O)NCC(=O)NCCNC(=N)NCCNC(=O)CNC(=O)[C@@H](NC(=O)[C@H](Cc3ccccc3)NSc3cccc4c(N(C)C)cccc34)C(C)C)C(C)C)cccc12. The number of hydrogen-bond acceptors (Lipinski definition) is 13. The molecule has 0 aromatic heterocycles. The van der Waals surface area contributed by atoms with Crippen molar-refractivity contribution in [1.82, 2.24) is 52.0 Å². The smallest absolute Gasteiger partial charge is 0.243 e. The normalized spacial score (nSPS) is 12.8. The lowest BCUT2D eigenvalue weighted by Gasteiger charge is -2.25. The van der Waals surface area contributed by atoms with Crippen LogP contribution in [0.4, 0.5) is 11.4 Å². The molecule has 1 unspecified atom stereocenters. The van der Waals surface area contributed by atoms with E-state index in [1.807, 2.05) is 88.6 Å². The highest BCUT2D eigenvalue weighted by atomic mass is 32.2. The van der Waals surface area contributed by atoms with Gasteiger partial charge in [0.2, 0.25) is 45.5 Å². The molecule has 0 fully saturated rings. The van der Waals surface area contributed by atoms with Crippen LogP contribution in [0.5, 0.6) is 0 Å². The maximum atomic E-state index is 14.0. The van der Waals surface area contributed by atoms with Gasteiger partial charge >= 0.3 is 0 Å². The lowest BCUT2D eigenvalue weighted by Crippen LogP contribution is -2.56. The van der Waals surface area contributed by atoms with Crippen LogP contribution in [-0.2, 0) is 51.6 Å². The van der Waals surface area contributed by atoms with Gasteiger partial charge in [-0.3, -0.25) is 34.2 Å². The van der Waals surface area contributed by atoms with Gasteiger partial charge in [0, 0.05) is 79.8 Å². The first-order valence-corrected chi connectivity index (χ1v) is 29.7. The molecule has 83 heavy (non-hydrogen) atoms. The fourth-order valence-corrected chi connectivity index (χ4v) is 11.3. The van der Waals surface area contributed by atoms with Crippen molar-refractivity contribution in [2.75, 3.05) is 70.6 Å². The number of carbonyl (C=O) groups is 6. The molecule has 12 N–H and O–H groups in total. The number of carbonyl (C=O) groups excluding carboxylic acids is 6. The molecule has 0 saturated heterocycles. The monoisotopic (exact) mass is 1170 g/mol. The van der Waals surface area contributed by atoms with Crippen LogP contribution in [0.15, 0.2) is 143 Å². The van der Waals surface area contributed by atoms with Gasteiger partial charge in [-0.2, -0.15) is 4.72 Å². The highest BCUT2D eigenvalue weighted by Crippen LogP contribution is 2.33. The Balaban J connectivity index is 0.897. The van der Waals surface area contributed by atoms with Crippen LogP contribution in [-0.4, -0.2) is 134 Å². The molecule has 442 valence electrons. The van der Waals surface area contributed by atoms with Crippen molar-refractivity contribution in [1.29, 1.82) is 5.41 Å². The molecule has 0 bridgehead atoms. The number of benzene rings is 6. The Kier molecular flexibility index (Phi) is 24.1. The summed E-state index contributed by atoms with van der Waals surface area (Å²) in [6.45, 7) is 6.76. The quantitative estimate of drug-likeness (QED) is 0.0132. The number of fused-ring (bicyclic) bond motifs is 2. The van der Waals surface area contributed by atoms with Crippen molar-refractivity contribution < 1.29 is 37.2 Å². The molecule has 0 aliphatic rings. The number of nitrogens with one attached hydrogen (secondary N) is 12. The van der Waals surface area contributed by atoms with Crippen molar-refractivity contribution in [2.24, 2.45) is 11.8 Å². The summed E-state index contributed by atoms with van der Waals surface area (Å²) in [5, 5.41) is 36.3. The summed E-state index contributed by atoms with van der Waals surface area (Å²) in [7, 11) is 1.44. The summed E-state index contributed by atoms with van der Waals surface area (Å²) in [4.78, 5) is 83.4. The third kappa shape index (κ3) is 18.9. The number of sulfonamides is 1. The van der Waals surface area contributed by atoms with Gasteiger partial charge in [0.05, 0.1) is 18.0 Å². The number of rotatable bonds is 30. The Morgan fingerprint density at radius 1 is 0.518 bits per heavy atom. The summed E-state index contributed by atoms with van der Waals surface area (Å²) >= 11 is 1.35. The maximum Gasteiger partial charge on any atom is 0.243 e. The Labute approximate surface area is 490 Å². The van der Waals surface area contributed by atoms with E-state index in [1.165, 1.54) is 18.0 Å². The van der Waals surface area contributed by atoms with Crippen molar-refractivity contribution >= 4 is 96.3 Å². The van der Waals surface area contributed by atoms with Gasteiger partial charge in [-0.05, 0) is 77.4 Å². The largest absolute Gasteiger partial charge is 0.388 e. The number of guanidine groups is 1. The van der Waals surface area contributed by atoms with Crippen LogP contribution >= 0.6 is 11.9 Å². The Morgan fingerprint density at radius 3 is 1.53 bits per heavy atom. The predicted molar refractivity (Wildman–Crippen MR) is 328 cm³/mol. The van der Waals surface area contributed by atoms with E-state index in [2.05, 4.69) is 74.3 Å². The third-order valence-corrected chi connectivity index (χ3v) is 15.9. The van der Waals surface area contributed by atoms with Gasteiger partial charge in [0.25, 0.3) is 0 Å². The fourth-order valence-electron chi connectivity index (χ4n) is 9.04. The van der Waals surface area contributed by atoms with E-state index in [0.717, 1.165) is 32.6 Å². The number of amides is 6. The predicted octanol–water partition coefficient (Wildman–Crippen LogP) is 3.76. The average Bonchev–Trinajstić information content (AvgIpc) is 3.31. The first-order valence-electron chi connectivity index (χ1n) is 27.4. The van der Waals surface area contributed by atoms with E-state index in [0.29, 0.717) is 22.8 Å². The average molecular weight is 1170 g/mol. The van der Waals surface area contributed by atoms with Crippen LogP contribution in [0.3, 0.4) is 0 Å². The minimum Gasteiger partial charge on any atom is -0.388 e. The molecule has 6 rings (SSSR count). The highest BCUT2D eigenvalue weighted by Gasteiger charge is 2.33. The van der Waals surface area contributed by atoms with Crippen molar-refractivity contribution in [3.05, 3.63) is 145 Å². The van der Waals surface area contributed by atoms with E-state index >= 15 is 0 Å². The van der Waals surface area contributed by atoms with Crippen LogP contribution in [0.1, 0.15) is 38.8 Å². The number of nitrogens with zero attached hydrogens (tertiary/aromatic N) is 1. The summed E-state index contributed by atoms with van der Waals surface area (Å²) in [5.74, 6) is -4.13. The summed E-state index contributed by atoms with van der Waals surface area (Å²) in [5.41, 5.74) is 3.42. The molecule has 6 aromatic carbocycles. The number of hydrogen-bond donors (Lipinski definition) is 12. The van der Waals surface area contributed by atoms with Gasteiger partial charge in [-0.15, -0.1) is 0 Å². The molecule has 0 spiro atoms. The van der Waals surface area contributed by atoms with Crippen LogP contribution in [0, 0.1) is 17.2 Å². The topological polar surface area (TPSA) is 296 Å². The summed E-state index contributed by atoms with van der Waals surface area (Å²) in [6.07, 6.45) is 0.342. The summed E-state index contributed by atoms with van der Waals surface area (Å²) < 4.78 is 34.0. The van der Waals surface area contributed by atoms with E-state index in [9.17, 15) is 37.2 Å². The molecule has 0 aliphatic heterocycles. The maximum absolute atomic E-state index is 14.0. The third-order valence-electron chi connectivity index (χ3n) is 13.4. The van der Waals surface area contributed by atoms with E-state index in [1.54, 1.807) is 75.5 Å². The van der Waals surface area contributed by atoms with Gasteiger partial charge in [0.15, 0.2) is 5.96 Å². The zero-order chi connectivity index (χ0) is 60.1. The van der Waals surface area contributed by atoms with Gasteiger partial charge in [-0.25, -0.2) is 13.1 Å². The Morgan fingerprint density at radius 2 is 0.988 bits per heavy atom. The van der Waals surface area contributed by atoms with Gasteiger partial charge < -0.3 is 52.8 Å². The molecule has 0 heterocycles. The molecule has 0 saturated carbocycles. The molecule has 0 aliphatic carbocycles. The molecule has 4 atom stereocenters. The van der Waals surface area contributed by atoms with Gasteiger partial charge in [0.1, 0.15) is 24.2 Å². The minimum absolute atomic E-state index is 0.0149. The van der Waals surface area contributed by atoms with E-state index in [-0.39, 0.29) is 61.8 Å². The minimum atomic E-state index is -4.28. The first kappa shape index (κ1) is 63.9. The van der Waals surface area contributed by atoms with Crippen molar-refractivity contribution in [3.8, 4) is 0 Å². The summed E-state index contributed by atoms with van der Waals surface area (Å²) in [6, 6.07) is 36.7. The molecule has 23 heteroatoms. The van der Waals surface area contributed by atoms with Crippen LogP contribution in [0.2, 0.25) is 0 Å². The van der Waals surface area contributed by atoms with Crippen LogP contribution < -0.4 is 62.2 Å². The first-order chi connectivity index (χ1) is 39.8. The molecule has 0 radical (unpaired) electrons. The Hall–Kier alpha value is -8.25. The molecular formula is C60H77N13O8S2. The highest BCUT2D eigenvalue weighted by molar-refractivity contribution is 7.97. The van der Waals surface area contributed by atoms with Crippen molar-refractivity contribution in [3.63, 3.8) is 0 Å². The van der Waals surface area contributed by atoms with Crippen molar-refractivity contribution in [2.45, 2.75) is 74.5 Å². The second kappa shape index (κ2) is 31.3. The lowest BCUT2D eigenvalue weighted by molar-refractivity contribution is -0.131. The fraction of sp³-hybridized carbons (Fsp3) is 0.350.